The number of benzene rings is 1. The van der Waals surface area contributed by atoms with Crippen LogP contribution in [0.4, 0.5) is 0 Å². The third kappa shape index (κ3) is 3.26. The highest BCUT2D eigenvalue weighted by Gasteiger charge is 2.35. The van der Waals surface area contributed by atoms with Crippen LogP contribution < -0.4 is 10.8 Å². The zero-order chi connectivity index (χ0) is 16.2. The molecule has 0 saturated heterocycles. The number of fused-ring (bicyclic) bond motifs is 1. The number of hydrogen-bond acceptors (Lipinski definition) is 6. The summed E-state index contributed by atoms with van der Waals surface area (Å²) in [5, 5.41) is 7.43. The molecule has 0 spiro atoms. The molecule has 7 heteroatoms. The Morgan fingerprint density at radius 2 is 2.22 bits per heavy atom. The van der Waals surface area contributed by atoms with Gasteiger partial charge in [-0.1, -0.05) is 30.3 Å². The summed E-state index contributed by atoms with van der Waals surface area (Å²) >= 11 is 0. The van der Waals surface area contributed by atoms with Gasteiger partial charge >= 0.3 is 5.97 Å². The second-order valence-electron chi connectivity index (χ2n) is 5.42. The fourth-order valence-electron chi connectivity index (χ4n) is 2.75. The molecule has 0 bridgehead atoms. The number of rotatable bonds is 5. The Kier molecular flexibility index (Phi) is 4.71. The second kappa shape index (κ2) is 6.91. The Morgan fingerprint density at radius 1 is 1.43 bits per heavy atom. The Morgan fingerprint density at radius 3 is 2.96 bits per heavy atom. The minimum Gasteiger partial charge on any atom is -0.468 e. The van der Waals surface area contributed by atoms with E-state index in [1.807, 2.05) is 37.4 Å². The number of nitrogens with zero attached hydrogens (tertiary/aromatic N) is 2. The molecule has 1 aromatic heterocycles. The second-order valence-corrected chi connectivity index (χ2v) is 5.42. The maximum Gasteiger partial charge on any atom is 0.329 e. The van der Waals surface area contributed by atoms with Crippen LogP contribution in [0.5, 0.6) is 0 Å². The highest BCUT2D eigenvalue weighted by atomic mass is 16.6. The summed E-state index contributed by atoms with van der Waals surface area (Å²) in [5.74, 6) is -0.321. The normalized spacial score (nSPS) is 20.1. The quantitative estimate of drug-likeness (QED) is 0.633. The number of carbonyl (C=O) groups is 1. The van der Waals surface area contributed by atoms with Gasteiger partial charge in [-0.05, 0) is 5.56 Å². The van der Waals surface area contributed by atoms with E-state index in [2.05, 4.69) is 15.9 Å². The lowest BCUT2D eigenvalue weighted by molar-refractivity contribution is -0.143. The molecule has 0 amide bonds. The highest BCUT2D eigenvalue weighted by molar-refractivity contribution is 5.78. The fraction of sp³-hybridized carbons (Fsp3) is 0.375. The molecule has 122 valence electrons. The van der Waals surface area contributed by atoms with Crippen molar-refractivity contribution >= 4 is 5.97 Å². The zero-order valence-corrected chi connectivity index (χ0v) is 13.2. The predicted molar refractivity (Wildman–Crippen MR) is 83.1 cm³/mol. The number of aryl methyl sites for hydroxylation is 1. The molecule has 2 N–H and O–H groups in total. The summed E-state index contributed by atoms with van der Waals surface area (Å²) in [7, 11) is 3.19. The van der Waals surface area contributed by atoms with E-state index in [1.54, 1.807) is 10.9 Å². The van der Waals surface area contributed by atoms with Gasteiger partial charge in [0.2, 0.25) is 0 Å². The first-order chi connectivity index (χ1) is 11.2. The van der Waals surface area contributed by atoms with Gasteiger partial charge in [0, 0.05) is 19.2 Å². The van der Waals surface area contributed by atoms with Gasteiger partial charge < -0.3 is 4.74 Å². The molecule has 2 atom stereocenters. The van der Waals surface area contributed by atoms with Crippen LogP contribution in [-0.2, 0) is 28.0 Å². The minimum atomic E-state index is -0.505. The van der Waals surface area contributed by atoms with Crippen LogP contribution in [0, 0.1) is 0 Å². The number of ether oxygens (including phenoxy) is 1. The zero-order valence-electron chi connectivity index (χ0n) is 13.2. The van der Waals surface area contributed by atoms with E-state index in [0.717, 1.165) is 16.8 Å². The third-order valence-corrected chi connectivity index (χ3v) is 3.93. The van der Waals surface area contributed by atoms with Crippen LogP contribution in [0.15, 0.2) is 36.5 Å². The van der Waals surface area contributed by atoms with Gasteiger partial charge in [0.1, 0.15) is 6.04 Å². The molecule has 2 unspecified atom stereocenters. The van der Waals surface area contributed by atoms with E-state index in [9.17, 15) is 4.79 Å². The number of aromatic nitrogens is 2. The van der Waals surface area contributed by atoms with Crippen LogP contribution in [0.25, 0.3) is 0 Å². The summed E-state index contributed by atoms with van der Waals surface area (Å²) in [6.45, 7) is 1.01. The number of esters is 1. The van der Waals surface area contributed by atoms with Crippen molar-refractivity contribution in [1.29, 1.82) is 0 Å². The van der Waals surface area contributed by atoms with Crippen molar-refractivity contribution in [3.8, 4) is 0 Å². The van der Waals surface area contributed by atoms with Crippen LogP contribution in [0.3, 0.4) is 0 Å². The number of hydroxylamine groups is 1. The Labute approximate surface area is 134 Å². The molecule has 0 fully saturated rings. The number of methoxy groups -OCH3 is 1. The summed E-state index contributed by atoms with van der Waals surface area (Å²) < 4.78 is 6.54. The molecule has 0 aliphatic carbocycles. The van der Waals surface area contributed by atoms with Crippen LogP contribution in [0.1, 0.15) is 28.9 Å². The van der Waals surface area contributed by atoms with Gasteiger partial charge in [-0.15, -0.1) is 0 Å². The molecular formula is C16H20N4O3. The fourth-order valence-corrected chi connectivity index (χ4v) is 2.75. The molecule has 0 radical (unpaired) electrons. The van der Waals surface area contributed by atoms with Gasteiger partial charge in [0.15, 0.2) is 0 Å². The monoisotopic (exact) mass is 316 g/mol. The SMILES string of the molecule is COC(=O)C1NCC(NOCc2ccccc2)c2cnn(C)c21. The molecule has 7 nitrogen and oxygen atoms in total. The topological polar surface area (TPSA) is 77.4 Å². The Hall–Kier alpha value is -2.22. The molecule has 2 heterocycles. The molecule has 1 aromatic carbocycles. The minimum absolute atomic E-state index is 0.0803. The van der Waals surface area contributed by atoms with Crippen LogP contribution in [0.2, 0.25) is 0 Å². The maximum atomic E-state index is 11.9. The van der Waals surface area contributed by atoms with Gasteiger partial charge in [-0.3, -0.25) is 14.8 Å². The third-order valence-electron chi connectivity index (χ3n) is 3.93. The first-order valence-corrected chi connectivity index (χ1v) is 7.45. The lowest BCUT2D eigenvalue weighted by atomic mass is 9.98. The van der Waals surface area contributed by atoms with Crippen molar-refractivity contribution in [2.75, 3.05) is 13.7 Å². The summed E-state index contributed by atoms with van der Waals surface area (Å²) in [6, 6.07) is 9.34. The van der Waals surface area contributed by atoms with Gasteiger partial charge in [-0.2, -0.15) is 10.6 Å². The molecule has 1 aliphatic rings. The predicted octanol–water partition coefficient (Wildman–Crippen LogP) is 1.000. The van der Waals surface area contributed by atoms with Crippen molar-refractivity contribution in [2.45, 2.75) is 18.7 Å². The largest absolute Gasteiger partial charge is 0.468 e. The molecule has 1 aliphatic heterocycles. The standard InChI is InChI=1S/C16H20N4O3/c1-20-15-12(8-18-20)13(9-17-14(15)16(21)22-2)19-23-10-11-6-4-3-5-7-11/h3-8,13-14,17,19H,9-10H2,1-2H3. The molecule has 0 saturated carbocycles. The van der Waals surface area contributed by atoms with E-state index in [1.165, 1.54) is 7.11 Å². The summed E-state index contributed by atoms with van der Waals surface area (Å²) in [6.07, 6.45) is 1.76. The summed E-state index contributed by atoms with van der Waals surface area (Å²) in [5.41, 5.74) is 5.87. The molecule has 2 aromatic rings. The number of hydrogen-bond donors (Lipinski definition) is 2. The first-order valence-electron chi connectivity index (χ1n) is 7.45. The van der Waals surface area contributed by atoms with Gasteiger partial charge in [0.05, 0.1) is 31.6 Å². The molecule has 3 rings (SSSR count). The molecule has 23 heavy (non-hydrogen) atoms. The maximum absolute atomic E-state index is 11.9. The average Bonchev–Trinajstić information content (AvgIpc) is 2.98. The highest BCUT2D eigenvalue weighted by Crippen LogP contribution is 2.29. The van der Waals surface area contributed by atoms with Crippen molar-refractivity contribution in [1.82, 2.24) is 20.6 Å². The van der Waals surface area contributed by atoms with E-state index < -0.39 is 6.04 Å². The van der Waals surface area contributed by atoms with Crippen LogP contribution >= 0.6 is 0 Å². The number of carbonyl (C=O) groups excluding carboxylic acids is 1. The molecular weight excluding hydrogens is 296 g/mol. The Balaban J connectivity index is 1.68. The van der Waals surface area contributed by atoms with Crippen LogP contribution in [-0.4, -0.2) is 29.4 Å². The lowest BCUT2D eigenvalue weighted by Gasteiger charge is -2.29. The van der Waals surface area contributed by atoms with E-state index in [0.29, 0.717) is 13.2 Å². The van der Waals surface area contributed by atoms with Crippen molar-refractivity contribution < 1.29 is 14.4 Å². The Bertz CT molecular complexity index is 671. The lowest BCUT2D eigenvalue weighted by Crippen LogP contribution is -2.43. The van der Waals surface area contributed by atoms with Gasteiger partial charge in [0.25, 0.3) is 0 Å². The van der Waals surface area contributed by atoms with Crippen molar-refractivity contribution in [3.05, 3.63) is 53.3 Å². The average molecular weight is 316 g/mol. The van der Waals surface area contributed by atoms with E-state index >= 15 is 0 Å². The van der Waals surface area contributed by atoms with E-state index in [-0.39, 0.29) is 12.0 Å². The first kappa shape index (κ1) is 15.7. The van der Waals surface area contributed by atoms with Gasteiger partial charge in [-0.25, -0.2) is 4.79 Å². The smallest absolute Gasteiger partial charge is 0.329 e. The summed E-state index contributed by atoms with van der Waals surface area (Å²) in [4.78, 5) is 17.5. The van der Waals surface area contributed by atoms with Crippen molar-refractivity contribution in [2.24, 2.45) is 7.05 Å². The van der Waals surface area contributed by atoms with E-state index in [4.69, 9.17) is 9.57 Å². The van der Waals surface area contributed by atoms with Crippen molar-refractivity contribution in [3.63, 3.8) is 0 Å². The number of nitrogens with one attached hydrogen (secondary N) is 2.